The summed E-state index contributed by atoms with van der Waals surface area (Å²) in [5.41, 5.74) is 19.8. The van der Waals surface area contributed by atoms with Gasteiger partial charge in [0.05, 0.1) is 16.8 Å². The summed E-state index contributed by atoms with van der Waals surface area (Å²) < 4.78 is 0. The predicted octanol–water partition coefficient (Wildman–Crippen LogP) is 8.98. The van der Waals surface area contributed by atoms with Crippen LogP contribution >= 0.6 is 23.2 Å². The number of halogens is 3. The normalized spacial score (nSPS) is 12.5. The third-order valence-electron chi connectivity index (χ3n) is 12.2. The third-order valence-corrected chi connectivity index (χ3v) is 12.6. The summed E-state index contributed by atoms with van der Waals surface area (Å²) in [5, 5.41) is 35.1. The van der Waals surface area contributed by atoms with E-state index in [0.29, 0.717) is 52.3 Å². The van der Waals surface area contributed by atoms with E-state index in [1.54, 1.807) is 81.7 Å². The molecule has 0 spiro atoms. The number of anilines is 2. The first-order chi connectivity index (χ1) is 35.4. The van der Waals surface area contributed by atoms with Gasteiger partial charge in [-0.1, -0.05) is 109 Å². The minimum absolute atomic E-state index is 0. The van der Waals surface area contributed by atoms with Crippen LogP contribution in [0.25, 0.3) is 0 Å². The molecule has 0 saturated heterocycles. The maximum Gasteiger partial charge on any atom is 2.00 e. The van der Waals surface area contributed by atoms with Crippen LogP contribution in [0.4, 0.5) is 16.4 Å². The molecule has 8 aromatic rings. The zero-order valence-electron chi connectivity index (χ0n) is 44.9. The number of aromatic nitrogens is 4. The predicted molar refractivity (Wildman–Crippen MR) is 309 cm³/mol. The molecule has 400 valence electrons. The van der Waals surface area contributed by atoms with Crippen LogP contribution in [0, 0.1) is 34.6 Å². The standard InChI is InChI=1S/C16H19N3O2.C15H16ClNO.C15H18N2O.C8H9.C7H6ClNO.ClH.Mg/c1-11-5-3-4-6-12(11)10-16(2,21)13-7-8-18-14(9-13)19-15(17)20;2*1-11-5-3-4-6-12(11)10-15(2,18)13-7-8-17-14(16)9-13;1-7-5-3-4-6-8(7)2;1-5(10)6-2-3-9-7(8)4-6;;/h3-9,21H,10H2,1-2H3,(H3,17,18,19,20);3-9,18H,10H2,1-2H3;3-9,18H,10H2,1-2H3,(H2,16,17);3-6H,1H2,2H3;2-4H,1H3;1H;/q;;;-1;;;+2/p-1. The second-order valence-corrected chi connectivity index (χ2v) is 19.5. The molecule has 3 atom stereocenters. The summed E-state index contributed by atoms with van der Waals surface area (Å²) in [4.78, 5) is 37.2. The Bertz CT molecular complexity index is 3020. The summed E-state index contributed by atoms with van der Waals surface area (Å²) in [6, 6.07) is 45.0. The molecule has 0 aliphatic rings. The van der Waals surface area contributed by atoms with Gasteiger partial charge >= 0.3 is 29.1 Å². The summed E-state index contributed by atoms with van der Waals surface area (Å²) in [6.07, 6.45) is 7.87. The van der Waals surface area contributed by atoms with Crippen LogP contribution < -0.4 is 29.2 Å². The van der Waals surface area contributed by atoms with Gasteiger partial charge in [0.25, 0.3) is 0 Å². The molecule has 16 heteroatoms. The van der Waals surface area contributed by atoms with Gasteiger partial charge in [-0.15, -0.1) is 12.1 Å². The molecule has 8 rings (SSSR count). The number of nitrogen functional groups attached to an aromatic ring is 1. The molecular weight excluding hydrogens is 1040 g/mol. The number of carbonyl (C=O) groups is 2. The van der Waals surface area contributed by atoms with Crippen molar-refractivity contribution in [2.75, 3.05) is 11.1 Å². The fourth-order valence-electron chi connectivity index (χ4n) is 7.56. The molecule has 8 N–H and O–H groups in total. The number of benzene rings is 4. The van der Waals surface area contributed by atoms with Gasteiger partial charge in [0.1, 0.15) is 21.9 Å². The molecule has 0 aliphatic carbocycles. The molecule has 0 fully saturated rings. The Hall–Kier alpha value is -6.39. The summed E-state index contributed by atoms with van der Waals surface area (Å²) in [7, 11) is 0. The molecular formula is C61H68Cl3MgN7O5. The Morgan fingerprint density at radius 2 is 0.909 bits per heavy atom. The average Bonchev–Trinajstić information content (AvgIpc) is 3.35. The van der Waals surface area contributed by atoms with Crippen molar-refractivity contribution >= 4 is 69.7 Å². The number of hydrogen-bond acceptors (Lipinski definition) is 10. The summed E-state index contributed by atoms with van der Waals surface area (Å²) >= 11 is 11.4. The van der Waals surface area contributed by atoms with E-state index < -0.39 is 22.8 Å². The monoisotopic (exact) mass is 1110 g/mol. The van der Waals surface area contributed by atoms with Crippen molar-refractivity contribution in [2.45, 2.75) is 91.5 Å². The average molecular weight is 1110 g/mol. The number of ketones is 1. The minimum atomic E-state index is -1.07. The number of aryl methyl sites for hydroxylation is 4. The zero-order chi connectivity index (χ0) is 55.3. The van der Waals surface area contributed by atoms with Crippen molar-refractivity contribution in [3.63, 3.8) is 0 Å². The number of amides is 2. The van der Waals surface area contributed by atoms with Crippen LogP contribution in [0.1, 0.15) is 99.3 Å². The second kappa shape index (κ2) is 31.7. The number of aliphatic hydroxyl groups is 3. The van der Waals surface area contributed by atoms with E-state index in [-0.39, 0.29) is 41.2 Å². The van der Waals surface area contributed by atoms with Crippen LogP contribution in [-0.2, 0) is 36.1 Å². The number of nitrogens with two attached hydrogens (primary N) is 2. The quantitative estimate of drug-likeness (QED) is 0.0313. The molecule has 3 unspecified atom stereocenters. The smallest absolute Gasteiger partial charge is 1.00 e. The van der Waals surface area contributed by atoms with Gasteiger partial charge in [-0.25, -0.2) is 24.7 Å². The van der Waals surface area contributed by atoms with Crippen LogP contribution in [0.15, 0.2) is 170 Å². The van der Waals surface area contributed by atoms with Crippen molar-refractivity contribution < 1.29 is 37.3 Å². The first-order valence-corrected chi connectivity index (χ1v) is 24.8. The molecule has 77 heavy (non-hydrogen) atoms. The Labute approximate surface area is 486 Å². The number of Topliss-reactive ketones (excluding diaryl/α,β-unsaturated/α-hetero) is 1. The van der Waals surface area contributed by atoms with Gasteiger partial charge in [0.2, 0.25) is 0 Å². The van der Waals surface area contributed by atoms with Gasteiger partial charge in [0, 0.05) is 49.6 Å². The van der Waals surface area contributed by atoms with Crippen molar-refractivity contribution in [1.82, 2.24) is 19.9 Å². The number of nitrogens with zero attached hydrogens (tertiary/aromatic N) is 4. The molecule has 0 aliphatic heterocycles. The molecule has 0 bridgehead atoms. The molecule has 4 aromatic heterocycles. The van der Waals surface area contributed by atoms with Crippen LogP contribution in [0.3, 0.4) is 0 Å². The fourth-order valence-corrected chi connectivity index (χ4v) is 7.90. The maximum absolute atomic E-state index is 10.9. The van der Waals surface area contributed by atoms with Gasteiger partial charge in [-0.05, 0) is 147 Å². The van der Waals surface area contributed by atoms with Gasteiger partial charge < -0.3 is 39.2 Å². The number of rotatable bonds is 11. The molecule has 2 amide bonds. The minimum Gasteiger partial charge on any atom is -1.00 e. The number of carbonyl (C=O) groups excluding carboxylic acids is 2. The fraction of sp³-hybridized carbons (Fsp3) is 0.230. The summed E-state index contributed by atoms with van der Waals surface area (Å²) in [5.74, 6) is 0.756. The number of urea groups is 1. The Kier molecular flexibility index (Phi) is 27.5. The molecule has 4 aromatic carbocycles. The van der Waals surface area contributed by atoms with E-state index in [9.17, 15) is 24.9 Å². The number of nitrogens with one attached hydrogen (secondary N) is 1. The van der Waals surface area contributed by atoms with Crippen LogP contribution in [0.2, 0.25) is 10.3 Å². The van der Waals surface area contributed by atoms with Crippen LogP contribution in [-0.4, -0.2) is 70.1 Å². The second-order valence-electron chi connectivity index (χ2n) is 18.7. The maximum atomic E-state index is 10.9. The van der Waals surface area contributed by atoms with E-state index in [0.717, 1.165) is 38.9 Å². The van der Waals surface area contributed by atoms with Crippen LogP contribution in [0.5, 0.6) is 0 Å². The molecule has 4 heterocycles. The zero-order valence-corrected chi connectivity index (χ0v) is 48.6. The van der Waals surface area contributed by atoms with Crippen molar-refractivity contribution in [2.24, 2.45) is 5.73 Å². The Morgan fingerprint density at radius 3 is 1.26 bits per heavy atom. The number of hydrogen-bond donors (Lipinski definition) is 6. The van der Waals surface area contributed by atoms with E-state index in [4.69, 9.17) is 34.7 Å². The first kappa shape index (κ1) is 66.7. The van der Waals surface area contributed by atoms with E-state index in [2.05, 4.69) is 45.2 Å². The van der Waals surface area contributed by atoms with Crippen molar-refractivity contribution in [3.05, 3.63) is 254 Å². The van der Waals surface area contributed by atoms with Crippen molar-refractivity contribution in [3.8, 4) is 0 Å². The van der Waals surface area contributed by atoms with E-state index in [1.807, 2.05) is 112 Å². The molecule has 0 saturated carbocycles. The SMILES string of the molecule is CC(=O)c1ccnc(Cl)c1.Cc1ccccc1CC(C)(O)c1ccnc(Cl)c1.Cc1ccccc1CC(C)(O)c1ccnc(N)c1.Cc1ccccc1CC(C)(O)c1ccnc(NC(N)=O)c1.[CH2-]c1ccccc1C.[Cl-].[Mg+2]. The van der Waals surface area contributed by atoms with Gasteiger partial charge in [-0.2, -0.15) is 24.1 Å². The number of primary amides is 1. The van der Waals surface area contributed by atoms with E-state index in [1.165, 1.54) is 36.0 Å². The third kappa shape index (κ3) is 22.6. The number of pyridine rings is 4. The Balaban J connectivity index is 0.000000339. The largest absolute Gasteiger partial charge is 2.00 e. The molecule has 12 nitrogen and oxygen atoms in total. The van der Waals surface area contributed by atoms with E-state index >= 15 is 0 Å². The Morgan fingerprint density at radius 1 is 0.545 bits per heavy atom. The first-order valence-electron chi connectivity index (χ1n) is 24.0. The topological polar surface area (TPSA) is 210 Å². The summed E-state index contributed by atoms with van der Waals surface area (Å²) in [6.45, 7) is 18.8. The van der Waals surface area contributed by atoms with Crippen molar-refractivity contribution in [1.29, 1.82) is 0 Å². The molecule has 0 radical (unpaired) electrons. The van der Waals surface area contributed by atoms with Gasteiger partial charge in [0.15, 0.2) is 5.78 Å². The van der Waals surface area contributed by atoms with Gasteiger partial charge in [-0.3, -0.25) is 10.1 Å².